The molecule has 2 heterocycles. The highest BCUT2D eigenvalue weighted by Crippen LogP contribution is 2.62. The summed E-state index contributed by atoms with van der Waals surface area (Å²) in [5, 5.41) is 10.3. The van der Waals surface area contributed by atoms with Crippen molar-refractivity contribution in [1.82, 2.24) is 15.6 Å². The molecule has 24 heavy (non-hydrogen) atoms. The lowest BCUT2D eigenvalue weighted by Gasteiger charge is -2.63. The molecule has 1 aromatic rings. The van der Waals surface area contributed by atoms with Crippen LogP contribution in [-0.4, -0.2) is 50.8 Å². The molecule has 132 valence electrons. The second kappa shape index (κ2) is 6.19. The van der Waals surface area contributed by atoms with Crippen LogP contribution in [0.3, 0.4) is 0 Å². The van der Waals surface area contributed by atoms with Gasteiger partial charge in [-0.3, -0.25) is 4.99 Å². The van der Waals surface area contributed by atoms with Gasteiger partial charge in [-0.05, 0) is 19.3 Å². The number of fused-ring (bicyclic) bond motifs is 2. The molecule has 2 saturated carbocycles. The van der Waals surface area contributed by atoms with Gasteiger partial charge in [0.2, 0.25) is 0 Å². The molecular weight excluding hydrogens is 322 g/mol. The van der Waals surface area contributed by atoms with E-state index in [2.05, 4.69) is 26.0 Å². The summed E-state index contributed by atoms with van der Waals surface area (Å²) in [6, 6.07) is 0.512. The molecule has 0 bridgehead atoms. The molecule has 3 fully saturated rings. The van der Waals surface area contributed by atoms with Gasteiger partial charge in [-0.2, -0.15) is 0 Å². The number of anilines is 1. The number of hydrogen-bond donors (Lipinski definition) is 2. The third-order valence-corrected chi connectivity index (χ3v) is 6.97. The standard InChI is InChI=1S/C17H27N5OS/c1-18-15(19-9-11-10-24-16(20-11)22(2)3)21-13-12-5-8-23-14(12)17(13)6-4-7-17/h10,12-14H,4-9H2,1-3H3,(H2,18,19,21). The smallest absolute Gasteiger partial charge is 0.191 e. The molecule has 7 heteroatoms. The van der Waals surface area contributed by atoms with Gasteiger partial charge in [0.05, 0.1) is 18.3 Å². The maximum absolute atomic E-state index is 6.00. The third-order valence-electron chi connectivity index (χ3n) is 5.91. The van der Waals surface area contributed by atoms with Crippen LogP contribution >= 0.6 is 11.3 Å². The fourth-order valence-electron chi connectivity index (χ4n) is 4.56. The van der Waals surface area contributed by atoms with Crippen molar-refractivity contribution in [2.75, 3.05) is 32.6 Å². The van der Waals surface area contributed by atoms with Gasteiger partial charge < -0.3 is 20.3 Å². The van der Waals surface area contributed by atoms with Crippen LogP contribution in [0.25, 0.3) is 0 Å². The van der Waals surface area contributed by atoms with Gasteiger partial charge in [0, 0.05) is 50.5 Å². The maximum Gasteiger partial charge on any atom is 0.191 e. The molecule has 1 spiro atoms. The lowest BCUT2D eigenvalue weighted by Crippen LogP contribution is -2.72. The van der Waals surface area contributed by atoms with Gasteiger partial charge in [-0.15, -0.1) is 11.3 Å². The number of hydrogen-bond acceptors (Lipinski definition) is 5. The first-order valence-corrected chi connectivity index (χ1v) is 9.72. The Labute approximate surface area is 147 Å². The summed E-state index contributed by atoms with van der Waals surface area (Å²) < 4.78 is 6.00. The summed E-state index contributed by atoms with van der Waals surface area (Å²) in [6.07, 6.45) is 5.59. The zero-order valence-electron chi connectivity index (χ0n) is 14.7. The number of guanidine groups is 1. The van der Waals surface area contributed by atoms with Crippen LogP contribution < -0.4 is 15.5 Å². The van der Waals surface area contributed by atoms with Crippen LogP contribution in [0, 0.1) is 11.3 Å². The summed E-state index contributed by atoms with van der Waals surface area (Å²) in [6.45, 7) is 1.63. The van der Waals surface area contributed by atoms with Crippen LogP contribution in [0.2, 0.25) is 0 Å². The Balaban J connectivity index is 1.36. The van der Waals surface area contributed by atoms with Crippen molar-refractivity contribution >= 4 is 22.4 Å². The fraction of sp³-hybridized carbons (Fsp3) is 0.765. The monoisotopic (exact) mass is 349 g/mol. The van der Waals surface area contributed by atoms with E-state index in [0.29, 0.717) is 30.0 Å². The van der Waals surface area contributed by atoms with Crippen molar-refractivity contribution in [1.29, 1.82) is 0 Å². The van der Waals surface area contributed by atoms with Gasteiger partial charge in [0.15, 0.2) is 11.1 Å². The minimum atomic E-state index is 0.373. The highest BCUT2D eigenvalue weighted by atomic mass is 32.1. The normalized spacial score (nSPS) is 30.5. The van der Waals surface area contributed by atoms with E-state index >= 15 is 0 Å². The Kier molecular flexibility index (Phi) is 4.16. The Morgan fingerprint density at radius 2 is 2.33 bits per heavy atom. The van der Waals surface area contributed by atoms with E-state index in [1.54, 1.807) is 11.3 Å². The van der Waals surface area contributed by atoms with E-state index in [0.717, 1.165) is 23.4 Å². The molecule has 2 aliphatic carbocycles. The SMILES string of the molecule is CN=C(NCc1csc(N(C)C)n1)NC1C2CCOC2C12CCC2. The zero-order chi connectivity index (χ0) is 16.7. The van der Waals surface area contributed by atoms with E-state index in [9.17, 15) is 0 Å². The van der Waals surface area contributed by atoms with Gasteiger partial charge in [0.25, 0.3) is 0 Å². The first kappa shape index (κ1) is 16.1. The van der Waals surface area contributed by atoms with Crippen LogP contribution in [0.15, 0.2) is 10.4 Å². The first-order valence-electron chi connectivity index (χ1n) is 8.84. The van der Waals surface area contributed by atoms with E-state index in [-0.39, 0.29) is 0 Å². The second-order valence-electron chi connectivity index (χ2n) is 7.39. The lowest BCUT2D eigenvalue weighted by molar-refractivity contribution is -0.171. The average molecular weight is 350 g/mol. The summed E-state index contributed by atoms with van der Waals surface area (Å²) in [5.41, 5.74) is 1.43. The molecule has 3 aliphatic rings. The fourth-order valence-corrected chi connectivity index (χ4v) is 5.31. The van der Waals surface area contributed by atoms with Crippen molar-refractivity contribution in [3.63, 3.8) is 0 Å². The van der Waals surface area contributed by atoms with E-state index in [4.69, 9.17) is 4.74 Å². The molecular formula is C17H27N5OS. The second-order valence-corrected chi connectivity index (χ2v) is 8.23. The molecule has 1 aromatic heterocycles. The number of ether oxygens (including phenoxy) is 1. The molecule has 3 unspecified atom stereocenters. The minimum Gasteiger partial charge on any atom is -0.377 e. The lowest BCUT2D eigenvalue weighted by atomic mass is 9.46. The van der Waals surface area contributed by atoms with Crippen molar-refractivity contribution in [3.8, 4) is 0 Å². The predicted molar refractivity (Wildman–Crippen MR) is 97.7 cm³/mol. The predicted octanol–water partition coefficient (Wildman–Crippen LogP) is 1.83. The number of nitrogens with zero attached hydrogens (tertiary/aromatic N) is 3. The van der Waals surface area contributed by atoms with Gasteiger partial charge in [-0.1, -0.05) is 6.42 Å². The molecule has 1 saturated heterocycles. The Morgan fingerprint density at radius 1 is 1.50 bits per heavy atom. The topological polar surface area (TPSA) is 61.8 Å². The summed E-state index contributed by atoms with van der Waals surface area (Å²) in [4.78, 5) is 11.1. The first-order chi connectivity index (χ1) is 11.6. The molecule has 0 radical (unpaired) electrons. The number of rotatable bonds is 4. The minimum absolute atomic E-state index is 0.373. The van der Waals surface area contributed by atoms with Crippen molar-refractivity contribution in [2.24, 2.45) is 16.3 Å². The molecule has 0 aromatic carbocycles. The number of aromatic nitrogens is 1. The van der Waals surface area contributed by atoms with Crippen LogP contribution in [-0.2, 0) is 11.3 Å². The maximum atomic E-state index is 6.00. The Morgan fingerprint density at radius 3 is 2.96 bits per heavy atom. The number of nitrogens with one attached hydrogen (secondary N) is 2. The van der Waals surface area contributed by atoms with Crippen LogP contribution in [0.1, 0.15) is 31.4 Å². The van der Waals surface area contributed by atoms with Crippen molar-refractivity contribution in [3.05, 3.63) is 11.1 Å². The van der Waals surface area contributed by atoms with Crippen LogP contribution in [0.5, 0.6) is 0 Å². The van der Waals surface area contributed by atoms with Crippen molar-refractivity contribution in [2.45, 2.75) is 44.4 Å². The van der Waals surface area contributed by atoms with E-state index in [1.165, 1.54) is 25.7 Å². The highest BCUT2D eigenvalue weighted by Gasteiger charge is 2.66. The van der Waals surface area contributed by atoms with E-state index in [1.807, 2.05) is 26.0 Å². The van der Waals surface area contributed by atoms with Crippen LogP contribution in [0.4, 0.5) is 5.13 Å². The number of thiazole rings is 1. The summed E-state index contributed by atoms with van der Waals surface area (Å²) in [5.74, 6) is 1.54. The van der Waals surface area contributed by atoms with E-state index < -0.39 is 0 Å². The molecule has 4 rings (SSSR count). The third kappa shape index (κ3) is 2.49. The summed E-state index contributed by atoms with van der Waals surface area (Å²) >= 11 is 1.67. The molecule has 3 atom stereocenters. The Bertz CT molecular complexity index is 624. The van der Waals surface area contributed by atoms with Gasteiger partial charge >= 0.3 is 0 Å². The summed E-state index contributed by atoms with van der Waals surface area (Å²) in [7, 11) is 5.88. The zero-order valence-corrected chi connectivity index (χ0v) is 15.5. The molecule has 0 amide bonds. The molecule has 6 nitrogen and oxygen atoms in total. The largest absolute Gasteiger partial charge is 0.377 e. The number of aliphatic imine (C=N–C) groups is 1. The quantitative estimate of drug-likeness (QED) is 0.641. The highest BCUT2D eigenvalue weighted by molar-refractivity contribution is 7.13. The van der Waals surface area contributed by atoms with Crippen molar-refractivity contribution < 1.29 is 4.74 Å². The molecule has 1 aliphatic heterocycles. The average Bonchev–Trinajstić information content (AvgIpc) is 3.14. The van der Waals surface area contributed by atoms with Gasteiger partial charge in [-0.25, -0.2) is 4.98 Å². The van der Waals surface area contributed by atoms with Gasteiger partial charge in [0.1, 0.15) is 0 Å². The molecule has 2 N–H and O–H groups in total. The Hall–Kier alpha value is -1.34.